The van der Waals surface area contributed by atoms with E-state index in [-0.39, 0.29) is 30.1 Å². The van der Waals surface area contributed by atoms with Crippen LogP contribution in [0.1, 0.15) is 37.5 Å². The summed E-state index contributed by atoms with van der Waals surface area (Å²) in [5.41, 5.74) is 0.247. The van der Waals surface area contributed by atoms with E-state index in [1.165, 1.54) is 26.4 Å². The molecule has 0 radical (unpaired) electrons. The predicted octanol–water partition coefficient (Wildman–Crippen LogP) is 2.29. The smallest absolute Gasteiger partial charge is 0.285 e. The number of benzene rings is 1. The highest BCUT2D eigenvalue weighted by molar-refractivity contribution is 5.95. The van der Waals surface area contributed by atoms with Gasteiger partial charge in [-0.2, -0.15) is 9.67 Å². The van der Waals surface area contributed by atoms with E-state index in [4.69, 9.17) is 0 Å². The molecule has 0 saturated heterocycles. The Hall–Kier alpha value is -2.44. The van der Waals surface area contributed by atoms with Crippen molar-refractivity contribution in [3.63, 3.8) is 0 Å². The second kappa shape index (κ2) is 4.79. The average molecular weight is 302 g/mol. The van der Waals surface area contributed by atoms with E-state index in [0.29, 0.717) is 11.5 Å². The van der Waals surface area contributed by atoms with Crippen molar-refractivity contribution in [3.05, 3.63) is 46.4 Å². The monoisotopic (exact) mass is 302 g/mol. The second-order valence-corrected chi connectivity index (χ2v) is 5.75. The van der Waals surface area contributed by atoms with E-state index < -0.39 is 0 Å². The lowest BCUT2D eigenvalue weighted by Gasteiger charge is -2.17. The molecule has 1 fully saturated rings. The summed E-state index contributed by atoms with van der Waals surface area (Å²) < 4.78 is 15.9. The minimum absolute atomic E-state index is 0.0471. The molecule has 1 aliphatic carbocycles. The van der Waals surface area contributed by atoms with Crippen molar-refractivity contribution >= 4 is 11.7 Å². The van der Waals surface area contributed by atoms with Crippen LogP contribution in [0.3, 0.4) is 0 Å². The maximum atomic E-state index is 13.0. The summed E-state index contributed by atoms with van der Waals surface area (Å²) in [5.74, 6) is 0.0993. The maximum Gasteiger partial charge on any atom is 0.364 e. The van der Waals surface area contributed by atoms with E-state index >= 15 is 0 Å². The first-order valence-corrected chi connectivity index (χ1v) is 7.43. The summed E-state index contributed by atoms with van der Waals surface area (Å²) in [7, 11) is 0. The number of fused-ring (bicyclic) bond motifs is 1. The fourth-order valence-electron chi connectivity index (χ4n) is 3.34. The molecular formula is C15H15FN4O2. The number of aromatic nitrogens is 3. The summed E-state index contributed by atoms with van der Waals surface area (Å²) in [5, 5.41) is 0. The molecule has 1 aromatic heterocycles. The molecule has 114 valence electrons. The first-order valence-electron chi connectivity index (χ1n) is 7.43. The highest BCUT2D eigenvalue weighted by Gasteiger charge is 2.35. The van der Waals surface area contributed by atoms with Crippen LogP contribution >= 0.6 is 0 Å². The van der Waals surface area contributed by atoms with Crippen LogP contribution in [0.4, 0.5) is 14.9 Å². The number of amides is 1. The third kappa shape index (κ3) is 1.88. The normalized spacial score (nSPS) is 18.2. The predicted molar refractivity (Wildman–Crippen MR) is 77.4 cm³/mol. The fourth-order valence-corrected chi connectivity index (χ4v) is 3.34. The zero-order valence-electron chi connectivity index (χ0n) is 11.9. The number of hydrogen-bond donors (Lipinski definition) is 0. The zero-order chi connectivity index (χ0) is 15.3. The van der Waals surface area contributed by atoms with E-state index in [2.05, 4.69) is 4.98 Å². The summed E-state index contributed by atoms with van der Waals surface area (Å²) in [6, 6.07) is 5.48. The summed E-state index contributed by atoms with van der Waals surface area (Å²) >= 11 is 0. The van der Waals surface area contributed by atoms with Crippen molar-refractivity contribution in [1.82, 2.24) is 14.3 Å². The van der Waals surface area contributed by atoms with Crippen LogP contribution in [0.15, 0.2) is 29.1 Å². The number of carbonyl (C=O) groups is 1. The lowest BCUT2D eigenvalue weighted by atomic mass is 10.3. The van der Waals surface area contributed by atoms with Crippen molar-refractivity contribution in [1.29, 1.82) is 0 Å². The third-order valence-corrected chi connectivity index (χ3v) is 4.40. The van der Waals surface area contributed by atoms with Crippen molar-refractivity contribution in [3.8, 4) is 0 Å². The van der Waals surface area contributed by atoms with Crippen LogP contribution < -0.4 is 10.6 Å². The summed E-state index contributed by atoms with van der Waals surface area (Å²) in [6.45, 7) is 0.236. The molecule has 1 aromatic carbocycles. The van der Waals surface area contributed by atoms with Crippen LogP contribution in [0, 0.1) is 5.82 Å². The number of halogens is 1. The van der Waals surface area contributed by atoms with Crippen LogP contribution in [0.2, 0.25) is 0 Å². The second-order valence-electron chi connectivity index (χ2n) is 5.75. The molecule has 7 heteroatoms. The molecule has 6 nitrogen and oxygen atoms in total. The molecule has 2 aromatic rings. The van der Waals surface area contributed by atoms with Crippen LogP contribution in [-0.4, -0.2) is 20.4 Å². The number of rotatable bonds is 2. The first kappa shape index (κ1) is 13.2. The Morgan fingerprint density at radius 2 is 1.77 bits per heavy atom. The Bertz CT molecular complexity index is 787. The lowest BCUT2D eigenvalue weighted by molar-refractivity contribution is 0.240. The van der Waals surface area contributed by atoms with Gasteiger partial charge in [-0.3, -0.25) is 4.90 Å². The van der Waals surface area contributed by atoms with E-state index in [0.717, 1.165) is 25.7 Å². The highest BCUT2D eigenvalue weighted by Crippen LogP contribution is 2.30. The van der Waals surface area contributed by atoms with Gasteiger partial charge in [0.1, 0.15) is 5.82 Å². The SMILES string of the molecule is O=C1N(c2ccc(F)cc2)Cc2nc(=O)n(C3CCCC3)n21. The van der Waals surface area contributed by atoms with Crippen LogP contribution in [-0.2, 0) is 6.54 Å². The number of nitrogens with zero attached hydrogens (tertiary/aromatic N) is 4. The Morgan fingerprint density at radius 3 is 2.45 bits per heavy atom. The van der Waals surface area contributed by atoms with Gasteiger partial charge in [-0.25, -0.2) is 18.7 Å². The third-order valence-electron chi connectivity index (χ3n) is 4.40. The largest absolute Gasteiger partial charge is 0.364 e. The van der Waals surface area contributed by atoms with Gasteiger partial charge < -0.3 is 0 Å². The number of carbonyl (C=O) groups excluding carboxylic acids is 1. The van der Waals surface area contributed by atoms with Gasteiger partial charge in [0, 0.05) is 5.69 Å². The van der Waals surface area contributed by atoms with Gasteiger partial charge in [0.25, 0.3) is 0 Å². The molecule has 22 heavy (non-hydrogen) atoms. The van der Waals surface area contributed by atoms with Gasteiger partial charge >= 0.3 is 11.7 Å². The average Bonchev–Trinajstić information content (AvgIpc) is 3.18. The van der Waals surface area contributed by atoms with Crippen molar-refractivity contribution in [2.24, 2.45) is 0 Å². The van der Waals surface area contributed by atoms with E-state index in [1.807, 2.05) is 0 Å². The topological polar surface area (TPSA) is 60.1 Å². The molecule has 1 aliphatic heterocycles. The Kier molecular flexibility index (Phi) is 2.88. The zero-order valence-corrected chi connectivity index (χ0v) is 11.9. The minimum atomic E-state index is -0.353. The highest BCUT2D eigenvalue weighted by atomic mass is 19.1. The Balaban J connectivity index is 1.73. The molecule has 0 bridgehead atoms. The Morgan fingerprint density at radius 1 is 1.09 bits per heavy atom. The molecule has 0 unspecified atom stereocenters. The molecule has 4 rings (SSSR count). The van der Waals surface area contributed by atoms with E-state index in [9.17, 15) is 14.0 Å². The van der Waals surface area contributed by atoms with Gasteiger partial charge in [0.15, 0.2) is 5.82 Å². The fraction of sp³-hybridized carbons (Fsp3) is 0.400. The van der Waals surface area contributed by atoms with Gasteiger partial charge in [-0.05, 0) is 37.1 Å². The van der Waals surface area contributed by atoms with Crippen molar-refractivity contribution in [2.45, 2.75) is 38.3 Å². The van der Waals surface area contributed by atoms with Gasteiger partial charge in [0.05, 0.1) is 12.6 Å². The molecule has 1 amide bonds. The molecule has 2 aliphatic rings. The van der Waals surface area contributed by atoms with Gasteiger partial charge in [0.2, 0.25) is 0 Å². The number of hydrogen-bond acceptors (Lipinski definition) is 3. The molecule has 2 heterocycles. The summed E-state index contributed by atoms with van der Waals surface area (Å²) in [4.78, 5) is 30.3. The maximum absolute atomic E-state index is 13.0. The Labute approximate surface area is 125 Å². The number of anilines is 1. The standard InChI is InChI=1S/C15H15FN4O2/c16-10-5-7-11(8-6-10)18-9-13-17-14(21)19(20(13)15(18)22)12-3-1-2-4-12/h5-8,12H,1-4,9H2. The lowest BCUT2D eigenvalue weighted by Crippen LogP contribution is -2.35. The van der Waals surface area contributed by atoms with E-state index in [1.54, 1.807) is 12.1 Å². The van der Waals surface area contributed by atoms with Crippen molar-refractivity contribution < 1.29 is 9.18 Å². The first-order chi connectivity index (χ1) is 10.6. The van der Waals surface area contributed by atoms with Crippen molar-refractivity contribution in [2.75, 3.05) is 4.90 Å². The quantitative estimate of drug-likeness (QED) is 0.855. The van der Waals surface area contributed by atoms with Crippen LogP contribution in [0.25, 0.3) is 0 Å². The van der Waals surface area contributed by atoms with Crippen LogP contribution in [0.5, 0.6) is 0 Å². The molecule has 0 N–H and O–H groups in total. The molecule has 0 atom stereocenters. The molecule has 1 saturated carbocycles. The summed E-state index contributed by atoms with van der Waals surface area (Å²) in [6.07, 6.45) is 3.92. The van der Waals surface area contributed by atoms with Gasteiger partial charge in [-0.1, -0.05) is 12.8 Å². The molecular weight excluding hydrogens is 287 g/mol. The minimum Gasteiger partial charge on any atom is -0.285 e. The van der Waals surface area contributed by atoms with Gasteiger partial charge in [-0.15, -0.1) is 0 Å². The molecule has 0 spiro atoms.